The summed E-state index contributed by atoms with van der Waals surface area (Å²) in [5.74, 6) is -0.128. The summed E-state index contributed by atoms with van der Waals surface area (Å²) in [4.78, 5) is 12.3. The molecule has 3 N–H and O–H groups in total. The van der Waals surface area contributed by atoms with Crippen molar-refractivity contribution in [1.29, 1.82) is 0 Å². The summed E-state index contributed by atoms with van der Waals surface area (Å²) in [5, 5.41) is 27.0. The van der Waals surface area contributed by atoms with Crippen LogP contribution in [0.25, 0.3) is 6.08 Å². The van der Waals surface area contributed by atoms with E-state index in [-0.39, 0.29) is 31.0 Å². The first-order valence-corrected chi connectivity index (χ1v) is 11.5. The smallest absolute Gasteiger partial charge is 0.331 e. The van der Waals surface area contributed by atoms with Gasteiger partial charge in [0.2, 0.25) is 0 Å². The molecule has 0 fully saturated rings. The quantitative estimate of drug-likeness (QED) is 0.169. The summed E-state index contributed by atoms with van der Waals surface area (Å²) in [5.41, 5.74) is 0.839. The van der Waals surface area contributed by atoms with Crippen molar-refractivity contribution < 1.29 is 24.9 Å². The molecule has 0 amide bonds. The van der Waals surface area contributed by atoms with E-state index in [0.717, 1.165) is 69.8 Å². The predicted octanol–water partition coefficient (Wildman–Crippen LogP) is 5.37. The molecule has 0 aliphatic heterocycles. The highest BCUT2D eigenvalue weighted by Crippen LogP contribution is 2.17. The number of carbonyl (C=O) groups excluding carboxylic acids is 1. The molecule has 0 bridgehead atoms. The largest absolute Gasteiger partial charge is 0.508 e. The van der Waals surface area contributed by atoms with Crippen molar-refractivity contribution in [3.05, 3.63) is 35.9 Å². The molecule has 5 heteroatoms. The lowest BCUT2D eigenvalue weighted by Gasteiger charge is -2.17. The van der Waals surface area contributed by atoms with Crippen LogP contribution in [0.4, 0.5) is 0 Å². The Bertz CT molecular complexity index is 567. The third-order valence-corrected chi connectivity index (χ3v) is 5.21. The summed E-state index contributed by atoms with van der Waals surface area (Å²) in [6, 6.07) is 6.67. The number of aromatic hydroxyl groups is 1. The highest BCUT2D eigenvalue weighted by atomic mass is 16.5. The fourth-order valence-electron chi connectivity index (χ4n) is 3.42. The molecule has 0 radical (unpaired) electrons. The Morgan fingerprint density at radius 3 is 1.73 bits per heavy atom. The molecule has 170 valence electrons. The van der Waals surface area contributed by atoms with Crippen LogP contribution in [0.3, 0.4) is 0 Å². The zero-order valence-corrected chi connectivity index (χ0v) is 18.3. The van der Waals surface area contributed by atoms with Gasteiger partial charge in [0.25, 0.3) is 0 Å². The van der Waals surface area contributed by atoms with Gasteiger partial charge in [-0.3, -0.25) is 0 Å². The fraction of sp³-hybridized carbons (Fsp3) is 0.640. The number of phenols is 1. The topological polar surface area (TPSA) is 87.0 Å². The Kier molecular flexibility index (Phi) is 15.7. The molecule has 0 unspecified atom stereocenters. The van der Waals surface area contributed by atoms with Crippen LogP contribution >= 0.6 is 0 Å². The van der Waals surface area contributed by atoms with Crippen LogP contribution in [0.1, 0.15) is 89.0 Å². The lowest BCUT2D eigenvalue weighted by Crippen LogP contribution is -2.17. The average molecular weight is 421 g/mol. The maximum Gasteiger partial charge on any atom is 0.331 e. The number of phenolic OH excluding ortho intramolecular Hbond substituents is 1. The Hall–Kier alpha value is -1.85. The van der Waals surface area contributed by atoms with Gasteiger partial charge in [0.05, 0.1) is 0 Å². The van der Waals surface area contributed by atoms with Crippen molar-refractivity contribution >= 4 is 12.0 Å². The van der Waals surface area contributed by atoms with E-state index in [1.807, 2.05) is 0 Å². The molecule has 0 aromatic heterocycles. The zero-order chi connectivity index (χ0) is 21.9. The van der Waals surface area contributed by atoms with Gasteiger partial charge >= 0.3 is 5.97 Å². The SMILES string of the molecule is O=C(/C=C/c1ccc(O)cc1)O[C@@H](CCCCCCO)CCCCCCCCCO. The van der Waals surface area contributed by atoms with Gasteiger partial charge in [0, 0.05) is 19.3 Å². The first-order chi connectivity index (χ1) is 14.7. The number of hydrogen-bond donors (Lipinski definition) is 3. The minimum absolute atomic E-state index is 0.0644. The normalized spacial score (nSPS) is 12.3. The van der Waals surface area contributed by atoms with Gasteiger partial charge < -0.3 is 20.1 Å². The van der Waals surface area contributed by atoms with E-state index in [9.17, 15) is 9.90 Å². The minimum atomic E-state index is -0.326. The molecule has 1 aromatic rings. The van der Waals surface area contributed by atoms with Crippen LogP contribution in [-0.4, -0.2) is 40.6 Å². The van der Waals surface area contributed by atoms with Gasteiger partial charge in [-0.25, -0.2) is 4.79 Å². The molecule has 1 aromatic carbocycles. The molecule has 0 aliphatic carbocycles. The Morgan fingerprint density at radius 2 is 1.23 bits per heavy atom. The van der Waals surface area contributed by atoms with E-state index in [4.69, 9.17) is 14.9 Å². The van der Waals surface area contributed by atoms with Gasteiger partial charge in [-0.1, -0.05) is 57.1 Å². The second-order valence-electron chi connectivity index (χ2n) is 7.90. The summed E-state index contributed by atoms with van der Waals surface area (Å²) >= 11 is 0. The summed E-state index contributed by atoms with van der Waals surface area (Å²) in [6.45, 7) is 0.519. The number of esters is 1. The first kappa shape index (κ1) is 26.2. The molecule has 1 rings (SSSR count). The summed E-state index contributed by atoms with van der Waals surface area (Å²) in [7, 11) is 0. The summed E-state index contributed by atoms with van der Waals surface area (Å²) < 4.78 is 5.71. The number of aliphatic hydroxyl groups is 2. The van der Waals surface area contributed by atoms with E-state index >= 15 is 0 Å². The van der Waals surface area contributed by atoms with Crippen LogP contribution in [0.5, 0.6) is 5.75 Å². The van der Waals surface area contributed by atoms with E-state index in [1.165, 1.54) is 25.3 Å². The molecule has 0 saturated heterocycles. The number of benzene rings is 1. The fourth-order valence-corrected chi connectivity index (χ4v) is 3.42. The van der Waals surface area contributed by atoms with Gasteiger partial charge in [0.1, 0.15) is 11.9 Å². The predicted molar refractivity (Wildman–Crippen MR) is 121 cm³/mol. The molecular weight excluding hydrogens is 380 g/mol. The highest BCUT2D eigenvalue weighted by Gasteiger charge is 2.12. The monoisotopic (exact) mass is 420 g/mol. The Morgan fingerprint density at radius 1 is 0.767 bits per heavy atom. The van der Waals surface area contributed by atoms with Gasteiger partial charge in [-0.15, -0.1) is 0 Å². The lowest BCUT2D eigenvalue weighted by atomic mass is 10.0. The number of carbonyl (C=O) groups is 1. The number of unbranched alkanes of at least 4 members (excludes halogenated alkanes) is 9. The van der Waals surface area contributed by atoms with Crippen molar-refractivity contribution in [3.8, 4) is 5.75 Å². The van der Waals surface area contributed by atoms with Crippen molar-refractivity contribution in [2.45, 2.75) is 89.6 Å². The third-order valence-electron chi connectivity index (χ3n) is 5.21. The van der Waals surface area contributed by atoms with Crippen LogP contribution in [0.15, 0.2) is 30.3 Å². The third kappa shape index (κ3) is 14.2. The second kappa shape index (κ2) is 18.0. The lowest BCUT2D eigenvalue weighted by molar-refractivity contribution is -0.143. The van der Waals surface area contributed by atoms with Crippen molar-refractivity contribution in [2.24, 2.45) is 0 Å². The molecule has 1 atom stereocenters. The van der Waals surface area contributed by atoms with Crippen LogP contribution in [-0.2, 0) is 9.53 Å². The van der Waals surface area contributed by atoms with Crippen LogP contribution in [0.2, 0.25) is 0 Å². The van der Waals surface area contributed by atoms with Gasteiger partial charge in [-0.2, -0.15) is 0 Å². The Balaban J connectivity index is 2.37. The molecule has 5 nitrogen and oxygen atoms in total. The second-order valence-corrected chi connectivity index (χ2v) is 7.90. The number of aliphatic hydroxyl groups excluding tert-OH is 2. The van der Waals surface area contributed by atoms with Gasteiger partial charge in [0.15, 0.2) is 0 Å². The molecule has 0 spiro atoms. The number of rotatable bonds is 18. The maximum atomic E-state index is 12.3. The average Bonchev–Trinajstić information content (AvgIpc) is 2.74. The molecule has 30 heavy (non-hydrogen) atoms. The zero-order valence-electron chi connectivity index (χ0n) is 18.3. The first-order valence-electron chi connectivity index (χ1n) is 11.5. The van der Waals surface area contributed by atoms with Crippen molar-refractivity contribution in [3.63, 3.8) is 0 Å². The number of ether oxygens (including phenoxy) is 1. The highest BCUT2D eigenvalue weighted by molar-refractivity contribution is 5.87. The van der Waals surface area contributed by atoms with Crippen molar-refractivity contribution in [2.75, 3.05) is 13.2 Å². The van der Waals surface area contributed by atoms with E-state index in [0.29, 0.717) is 0 Å². The molecule has 0 saturated carbocycles. The summed E-state index contributed by atoms with van der Waals surface area (Å²) in [6.07, 6.45) is 16.4. The molecular formula is C25H40O5. The maximum absolute atomic E-state index is 12.3. The van der Waals surface area contributed by atoms with E-state index < -0.39 is 0 Å². The Labute approximate surface area is 181 Å². The van der Waals surface area contributed by atoms with Crippen LogP contribution in [0, 0.1) is 0 Å². The minimum Gasteiger partial charge on any atom is -0.508 e. The standard InChI is InChI=1S/C25H40O5/c26-20-10-6-3-1-2-4-8-12-24(13-9-5-7-11-21-27)30-25(29)19-16-22-14-17-23(28)18-15-22/h14-19,24,26-28H,1-13,20-21H2/b19-16+/t24-/m1/s1. The van der Waals surface area contributed by atoms with Gasteiger partial charge in [-0.05, 0) is 62.3 Å². The van der Waals surface area contributed by atoms with Crippen LogP contribution < -0.4 is 0 Å². The molecule has 0 aliphatic rings. The van der Waals surface area contributed by atoms with E-state index in [2.05, 4.69) is 0 Å². The van der Waals surface area contributed by atoms with E-state index in [1.54, 1.807) is 30.3 Å². The molecule has 0 heterocycles. The number of hydrogen-bond acceptors (Lipinski definition) is 5. The van der Waals surface area contributed by atoms with Crippen molar-refractivity contribution in [1.82, 2.24) is 0 Å².